The molecule has 0 amide bonds. The smallest absolute Gasteiger partial charge is 0.0714 e. The normalized spacial score (nSPS) is 14.3. The molecular formula is C54H39N. The van der Waals surface area contributed by atoms with Gasteiger partial charge in [-0.15, -0.1) is 0 Å². The highest BCUT2D eigenvalue weighted by molar-refractivity contribution is 6.14. The Morgan fingerprint density at radius 2 is 0.855 bits per heavy atom. The number of rotatable bonds is 5. The molecule has 0 spiro atoms. The summed E-state index contributed by atoms with van der Waals surface area (Å²) in [5.41, 5.74) is 16.0. The fourth-order valence-electron chi connectivity index (χ4n) is 10.1. The van der Waals surface area contributed by atoms with Crippen molar-refractivity contribution >= 4 is 38.6 Å². The van der Waals surface area contributed by atoms with E-state index in [2.05, 4.69) is 219 Å². The van der Waals surface area contributed by atoms with Crippen molar-refractivity contribution in [3.8, 4) is 22.3 Å². The average molecular weight is 702 g/mol. The van der Waals surface area contributed by atoms with Crippen LogP contribution in [0.1, 0.15) is 47.2 Å². The van der Waals surface area contributed by atoms with Gasteiger partial charge in [0.25, 0.3) is 0 Å². The summed E-state index contributed by atoms with van der Waals surface area (Å²) in [5, 5.41) is 4.97. The quantitative estimate of drug-likeness (QED) is 0.162. The molecule has 9 aromatic rings. The minimum absolute atomic E-state index is 0.0742. The van der Waals surface area contributed by atoms with Crippen molar-refractivity contribution < 1.29 is 0 Å². The fourth-order valence-corrected chi connectivity index (χ4v) is 10.1. The standard InChI is InChI=1S/C54H39N/c1-53(2)48-27-15-13-25-44(48)47-34-39(30-32-49(47)53)55(52-33-36-17-9-10-22-41(36)42-23-11-12-26-46(42)52)40-29-31-45-43-24-14-16-28-50(43)54(51(45)35-40,37-18-5-3-6-19-37)38-20-7-4-8-21-38/h3-35H,1-2H3. The first-order valence-corrected chi connectivity index (χ1v) is 19.4. The summed E-state index contributed by atoms with van der Waals surface area (Å²) in [7, 11) is 0. The molecule has 1 heteroatoms. The van der Waals surface area contributed by atoms with Gasteiger partial charge in [-0.1, -0.05) is 184 Å². The summed E-state index contributed by atoms with van der Waals surface area (Å²) >= 11 is 0. The lowest BCUT2D eigenvalue weighted by Gasteiger charge is -2.35. The molecule has 0 N–H and O–H groups in total. The number of anilines is 3. The van der Waals surface area contributed by atoms with Crippen molar-refractivity contribution in [2.75, 3.05) is 4.90 Å². The Morgan fingerprint density at radius 3 is 1.58 bits per heavy atom. The number of benzene rings is 9. The van der Waals surface area contributed by atoms with Crippen LogP contribution in [0.3, 0.4) is 0 Å². The van der Waals surface area contributed by atoms with Crippen LogP contribution in [0.25, 0.3) is 43.8 Å². The number of nitrogens with zero attached hydrogens (tertiary/aromatic N) is 1. The molecule has 2 aliphatic rings. The molecule has 0 fully saturated rings. The summed E-state index contributed by atoms with van der Waals surface area (Å²) in [4.78, 5) is 2.52. The van der Waals surface area contributed by atoms with E-state index in [4.69, 9.17) is 0 Å². The number of fused-ring (bicyclic) bond motifs is 9. The van der Waals surface area contributed by atoms with Crippen LogP contribution in [0, 0.1) is 0 Å². The van der Waals surface area contributed by atoms with Crippen molar-refractivity contribution in [3.05, 3.63) is 234 Å². The monoisotopic (exact) mass is 701 g/mol. The predicted octanol–water partition coefficient (Wildman–Crippen LogP) is 14.1. The van der Waals surface area contributed by atoms with Crippen LogP contribution in [0.4, 0.5) is 17.1 Å². The number of hydrogen-bond donors (Lipinski definition) is 0. The second-order valence-corrected chi connectivity index (χ2v) is 15.7. The Kier molecular flexibility index (Phi) is 6.88. The van der Waals surface area contributed by atoms with E-state index in [0.29, 0.717) is 0 Å². The van der Waals surface area contributed by atoms with Gasteiger partial charge in [0.1, 0.15) is 0 Å². The van der Waals surface area contributed by atoms with Gasteiger partial charge in [0.15, 0.2) is 0 Å². The Balaban J connectivity index is 1.23. The van der Waals surface area contributed by atoms with E-state index in [0.717, 1.165) is 11.4 Å². The molecule has 0 radical (unpaired) electrons. The zero-order chi connectivity index (χ0) is 36.7. The maximum atomic E-state index is 2.52. The van der Waals surface area contributed by atoms with E-state index < -0.39 is 5.41 Å². The molecule has 0 atom stereocenters. The van der Waals surface area contributed by atoms with Crippen molar-refractivity contribution in [2.24, 2.45) is 0 Å². The largest absolute Gasteiger partial charge is 0.310 e. The molecule has 11 rings (SSSR count). The van der Waals surface area contributed by atoms with E-state index in [-0.39, 0.29) is 5.41 Å². The van der Waals surface area contributed by atoms with Gasteiger partial charge in [0, 0.05) is 22.2 Å². The van der Waals surface area contributed by atoms with E-state index in [1.54, 1.807) is 0 Å². The fraction of sp³-hybridized carbons (Fsp3) is 0.0741. The van der Waals surface area contributed by atoms with Gasteiger partial charge in [-0.2, -0.15) is 0 Å². The maximum absolute atomic E-state index is 2.52. The van der Waals surface area contributed by atoms with Gasteiger partial charge in [-0.05, 0) is 102 Å². The first-order chi connectivity index (χ1) is 27.0. The highest BCUT2D eigenvalue weighted by atomic mass is 15.1. The summed E-state index contributed by atoms with van der Waals surface area (Å²) in [6, 6.07) is 74.6. The minimum atomic E-state index is -0.498. The van der Waals surface area contributed by atoms with Gasteiger partial charge in [0.2, 0.25) is 0 Å². The highest BCUT2D eigenvalue weighted by Crippen LogP contribution is 2.58. The second-order valence-electron chi connectivity index (χ2n) is 15.7. The molecule has 9 aromatic carbocycles. The van der Waals surface area contributed by atoms with Gasteiger partial charge >= 0.3 is 0 Å². The first-order valence-electron chi connectivity index (χ1n) is 19.4. The Morgan fingerprint density at radius 1 is 0.345 bits per heavy atom. The van der Waals surface area contributed by atoms with E-state index in [1.807, 2.05) is 0 Å². The van der Waals surface area contributed by atoms with Gasteiger partial charge in [0.05, 0.1) is 11.1 Å². The molecule has 2 aliphatic carbocycles. The topological polar surface area (TPSA) is 3.24 Å². The number of hydrogen-bond acceptors (Lipinski definition) is 1. The maximum Gasteiger partial charge on any atom is 0.0714 e. The lowest BCUT2D eigenvalue weighted by Crippen LogP contribution is -2.28. The zero-order valence-corrected chi connectivity index (χ0v) is 31.0. The van der Waals surface area contributed by atoms with Crippen LogP contribution >= 0.6 is 0 Å². The molecule has 1 nitrogen and oxygen atoms in total. The third-order valence-corrected chi connectivity index (χ3v) is 12.5. The van der Waals surface area contributed by atoms with E-state index in [1.165, 1.54) is 82.9 Å². The molecule has 0 saturated carbocycles. The minimum Gasteiger partial charge on any atom is -0.310 e. The predicted molar refractivity (Wildman–Crippen MR) is 231 cm³/mol. The lowest BCUT2D eigenvalue weighted by molar-refractivity contribution is 0.660. The van der Waals surface area contributed by atoms with Crippen molar-refractivity contribution in [3.63, 3.8) is 0 Å². The average Bonchev–Trinajstić information content (AvgIpc) is 3.67. The summed E-state index contributed by atoms with van der Waals surface area (Å²) in [6.45, 7) is 4.72. The van der Waals surface area contributed by atoms with Crippen molar-refractivity contribution in [2.45, 2.75) is 24.7 Å². The zero-order valence-electron chi connectivity index (χ0n) is 31.0. The van der Waals surface area contributed by atoms with Gasteiger partial charge in [-0.25, -0.2) is 0 Å². The van der Waals surface area contributed by atoms with Crippen molar-refractivity contribution in [1.29, 1.82) is 0 Å². The van der Waals surface area contributed by atoms with Crippen LogP contribution in [-0.4, -0.2) is 0 Å². The van der Waals surface area contributed by atoms with E-state index in [9.17, 15) is 0 Å². The summed E-state index contributed by atoms with van der Waals surface area (Å²) < 4.78 is 0. The van der Waals surface area contributed by atoms with Crippen LogP contribution in [0.15, 0.2) is 200 Å². The summed E-state index contributed by atoms with van der Waals surface area (Å²) in [6.07, 6.45) is 0. The van der Waals surface area contributed by atoms with E-state index >= 15 is 0 Å². The highest BCUT2D eigenvalue weighted by Gasteiger charge is 2.46. The SMILES string of the molecule is CC1(C)c2ccccc2-c2cc(N(c3ccc4c(c3)C(c3ccccc3)(c3ccccc3)c3ccccc3-4)c3cc4ccccc4c4ccccc34)ccc21. The molecule has 0 aliphatic heterocycles. The second kappa shape index (κ2) is 11.9. The van der Waals surface area contributed by atoms with Crippen LogP contribution in [0.2, 0.25) is 0 Å². The van der Waals surface area contributed by atoms with Crippen LogP contribution in [0.5, 0.6) is 0 Å². The lowest BCUT2D eigenvalue weighted by atomic mass is 9.67. The Hall–Kier alpha value is -6.70. The molecule has 0 heterocycles. The Labute approximate surface area is 322 Å². The van der Waals surface area contributed by atoms with Crippen molar-refractivity contribution in [1.82, 2.24) is 0 Å². The van der Waals surface area contributed by atoms with Crippen LogP contribution in [-0.2, 0) is 10.8 Å². The molecule has 0 unspecified atom stereocenters. The molecule has 0 bridgehead atoms. The van der Waals surface area contributed by atoms with Gasteiger partial charge in [-0.3, -0.25) is 0 Å². The third kappa shape index (κ3) is 4.47. The molecule has 0 saturated heterocycles. The first kappa shape index (κ1) is 31.8. The Bertz CT molecular complexity index is 2920. The molecule has 55 heavy (non-hydrogen) atoms. The molecule has 0 aromatic heterocycles. The van der Waals surface area contributed by atoms with Gasteiger partial charge < -0.3 is 4.90 Å². The molecular weight excluding hydrogens is 663 g/mol. The summed E-state index contributed by atoms with van der Waals surface area (Å²) in [5.74, 6) is 0. The third-order valence-electron chi connectivity index (χ3n) is 12.5. The van der Waals surface area contributed by atoms with Crippen LogP contribution < -0.4 is 4.90 Å². The molecule has 260 valence electrons.